The summed E-state index contributed by atoms with van der Waals surface area (Å²) in [6.07, 6.45) is 0. The van der Waals surface area contributed by atoms with Gasteiger partial charge < -0.3 is 20.4 Å². The maximum Gasteiger partial charge on any atom is 0.275 e. The van der Waals surface area contributed by atoms with E-state index in [0.29, 0.717) is 13.1 Å². The summed E-state index contributed by atoms with van der Waals surface area (Å²) in [6, 6.07) is 6.41. The van der Waals surface area contributed by atoms with Crippen LogP contribution in [0.15, 0.2) is 18.2 Å². The quantitative estimate of drug-likeness (QED) is 0.643. The summed E-state index contributed by atoms with van der Waals surface area (Å²) in [4.78, 5) is 27.0. The molecule has 1 saturated heterocycles. The van der Waals surface area contributed by atoms with Crippen molar-refractivity contribution in [2.45, 2.75) is 20.8 Å². The molecule has 1 fully saturated rings. The van der Waals surface area contributed by atoms with Crippen molar-refractivity contribution in [3.8, 4) is 0 Å². The minimum atomic E-state index is -0.138. The maximum absolute atomic E-state index is 11.9. The summed E-state index contributed by atoms with van der Waals surface area (Å²) in [6.45, 7) is 11.0. The second-order valence-electron chi connectivity index (χ2n) is 6.36. The summed E-state index contributed by atoms with van der Waals surface area (Å²) in [7, 11) is 0. The van der Waals surface area contributed by atoms with Crippen LogP contribution in [0.1, 0.15) is 18.1 Å². The van der Waals surface area contributed by atoms with E-state index in [4.69, 9.17) is 0 Å². The van der Waals surface area contributed by atoms with Crippen LogP contribution in [-0.4, -0.2) is 57.6 Å². The number of hydrogen-bond acceptors (Lipinski definition) is 3. The molecule has 0 aromatic heterocycles. The number of piperazine rings is 1. The van der Waals surface area contributed by atoms with Gasteiger partial charge in [-0.2, -0.15) is 0 Å². The molecule has 24 heavy (non-hydrogen) atoms. The van der Waals surface area contributed by atoms with Crippen molar-refractivity contribution in [1.82, 2.24) is 10.6 Å². The minimum Gasteiger partial charge on any atom is -0.360 e. The van der Waals surface area contributed by atoms with Crippen molar-refractivity contribution in [1.29, 1.82) is 0 Å². The van der Waals surface area contributed by atoms with Gasteiger partial charge in [-0.15, -0.1) is 0 Å². The fraction of sp³-hybridized carbons (Fsp3) is 0.556. The molecule has 6 heteroatoms. The molecule has 1 aliphatic rings. The maximum atomic E-state index is 11.9. The number of quaternary nitrogens is 1. The van der Waals surface area contributed by atoms with Crippen LogP contribution in [0, 0.1) is 13.8 Å². The average molecular weight is 333 g/mol. The molecule has 0 bridgehead atoms. The largest absolute Gasteiger partial charge is 0.360 e. The van der Waals surface area contributed by atoms with Crippen molar-refractivity contribution in [3.63, 3.8) is 0 Å². The van der Waals surface area contributed by atoms with E-state index in [1.165, 1.54) is 21.7 Å². The molecule has 0 radical (unpaired) electrons. The topological polar surface area (TPSA) is 65.9 Å². The van der Waals surface area contributed by atoms with Gasteiger partial charge in [0.15, 0.2) is 6.54 Å². The lowest BCUT2D eigenvalue weighted by atomic mass is 10.1. The van der Waals surface area contributed by atoms with E-state index >= 15 is 0 Å². The van der Waals surface area contributed by atoms with Crippen LogP contribution < -0.4 is 20.4 Å². The third-order valence-corrected chi connectivity index (χ3v) is 4.62. The first-order chi connectivity index (χ1) is 11.5. The number of carbonyl (C=O) groups excluding carboxylic acids is 2. The summed E-state index contributed by atoms with van der Waals surface area (Å²) >= 11 is 0. The number of rotatable bonds is 6. The van der Waals surface area contributed by atoms with Gasteiger partial charge in [0.1, 0.15) is 0 Å². The monoisotopic (exact) mass is 333 g/mol. The number of nitrogens with zero attached hydrogens (tertiary/aromatic N) is 1. The smallest absolute Gasteiger partial charge is 0.275 e. The highest BCUT2D eigenvalue weighted by Crippen LogP contribution is 2.22. The highest BCUT2D eigenvalue weighted by molar-refractivity contribution is 5.84. The first-order valence-electron chi connectivity index (χ1n) is 8.69. The molecule has 132 valence electrons. The van der Waals surface area contributed by atoms with E-state index in [1.54, 1.807) is 0 Å². The molecule has 3 N–H and O–H groups in total. The van der Waals surface area contributed by atoms with Crippen LogP contribution >= 0.6 is 0 Å². The zero-order chi connectivity index (χ0) is 17.5. The minimum absolute atomic E-state index is 0.0589. The van der Waals surface area contributed by atoms with Gasteiger partial charge >= 0.3 is 0 Å². The Morgan fingerprint density at radius 3 is 2.50 bits per heavy atom. The average Bonchev–Trinajstić information content (AvgIpc) is 2.57. The molecule has 6 nitrogen and oxygen atoms in total. The number of hydrogen-bond donors (Lipinski definition) is 3. The Balaban J connectivity index is 1.77. The van der Waals surface area contributed by atoms with Crippen LogP contribution in [0.3, 0.4) is 0 Å². The Morgan fingerprint density at radius 2 is 1.83 bits per heavy atom. The first-order valence-corrected chi connectivity index (χ1v) is 8.69. The van der Waals surface area contributed by atoms with E-state index in [9.17, 15) is 9.59 Å². The Hall–Kier alpha value is -2.08. The summed E-state index contributed by atoms with van der Waals surface area (Å²) in [5, 5.41) is 5.36. The number of anilines is 1. The van der Waals surface area contributed by atoms with Crippen molar-refractivity contribution in [2.75, 3.05) is 50.7 Å². The molecule has 0 aliphatic carbocycles. The SMILES string of the molecule is CCNC(=O)CNC(=O)C[NH+]1CCN(c2cccc(C)c2C)CC1. The molecule has 0 saturated carbocycles. The second-order valence-corrected chi connectivity index (χ2v) is 6.36. The van der Waals surface area contributed by atoms with E-state index in [2.05, 4.69) is 47.6 Å². The van der Waals surface area contributed by atoms with Crippen LogP contribution in [0.4, 0.5) is 5.69 Å². The normalized spacial score (nSPS) is 15.2. The van der Waals surface area contributed by atoms with E-state index in [-0.39, 0.29) is 18.4 Å². The molecule has 0 spiro atoms. The van der Waals surface area contributed by atoms with Crippen molar-refractivity contribution < 1.29 is 14.5 Å². The van der Waals surface area contributed by atoms with E-state index in [0.717, 1.165) is 26.2 Å². The van der Waals surface area contributed by atoms with Gasteiger partial charge in [0.25, 0.3) is 5.91 Å². The Morgan fingerprint density at radius 1 is 1.12 bits per heavy atom. The number of carbonyl (C=O) groups is 2. The Labute approximate surface area is 144 Å². The molecule has 0 unspecified atom stereocenters. The standard InChI is InChI=1S/C18H28N4O2/c1-4-19-17(23)12-20-18(24)13-21-8-10-22(11-9-21)16-7-5-6-14(2)15(16)3/h5-7H,4,8-13H2,1-3H3,(H,19,23)(H,20,24)/p+1. The van der Waals surface area contributed by atoms with Gasteiger partial charge in [0.05, 0.1) is 32.7 Å². The highest BCUT2D eigenvalue weighted by atomic mass is 16.2. The predicted molar refractivity (Wildman–Crippen MR) is 95.4 cm³/mol. The van der Waals surface area contributed by atoms with Crippen molar-refractivity contribution in [2.24, 2.45) is 0 Å². The summed E-state index contributed by atoms with van der Waals surface area (Å²) in [5.41, 5.74) is 3.95. The lowest BCUT2D eigenvalue weighted by molar-refractivity contribution is -0.892. The Bertz CT molecular complexity index is 580. The van der Waals surface area contributed by atoms with E-state index in [1.807, 2.05) is 6.92 Å². The van der Waals surface area contributed by atoms with Gasteiger partial charge in [0, 0.05) is 12.2 Å². The third-order valence-electron chi connectivity index (χ3n) is 4.62. The predicted octanol–water partition coefficient (Wildman–Crippen LogP) is -0.739. The fourth-order valence-corrected chi connectivity index (χ4v) is 3.05. The molecular formula is C18H29N4O2+. The van der Waals surface area contributed by atoms with Gasteiger partial charge in [-0.05, 0) is 38.0 Å². The van der Waals surface area contributed by atoms with Gasteiger partial charge in [-0.3, -0.25) is 9.59 Å². The summed E-state index contributed by atoms with van der Waals surface area (Å²) in [5.74, 6) is -0.197. The molecule has 1 aliphatic heterocycles. The summed E-state index contributed by atoms with van der Waals surface area (Å²) < 4.78 is 0. The second kappa shape index (κ2) is 8.68. The molecule has 1 aromatic carbocycles. The fourth-order valence-electron chi connectivity index (χ4n) is 3.05. The number of nitrogens with one attached hydrogen (secondary N) is 3. The first kappa shape index (κ1) is 18.3. The number of benzene rings is 1. The molecule has 0 atom stereocenters. The van der Waals surface area contributed by atoms with Gasteiger partial charge in [-0.1, -0.05) is 12.1 Å². The molecule has 2 amide bonds. The number of likely N-dealkylation sites (N-methyl/N-ethyl adjacent to an activating group) is 1. The van der Waals surface area contributed by atoms with Crippen molar-refractivity contribution in [3.05, 3.63) is 29.3 Å². The lowest BCUT2D eigenvalue weighted by Crippen LogP contribution is -3.16. The van der Waals surface area contributed by atoms with Gasteiger partial charge in [0.2, 0.25) is 5.91 Å². The molecule has 1 heterocycles. The molecule has 2 rings (SSSR count). The van der Waals surface area contributed by atoms with Crippen LogP contribution in [0.5, 0.6) is 0 Å². The van der Waals surface area contributed by atoms with Crippen LogP contribution in [-0.2, 0) is 9.59 Å². The number of amides is 2. The zero-order valence-corrected chi connectivity index (χ0v) is 14.9. The van der Waals surface area contributed by atoms with E-state index < -0.39 is 0 Å². The lowest BCUT2D eigenvalue weighted by Gasteiger charge is -2.34. The highest BCUT2D eigenvalue weighted by Gasteiger charge is 2.23. The Kier molecular flexibility index (Phi) is 6.61. The zero-order valence-electron chi connectivity index (χ0n) is 14.9. The molecular weight excluding hydrogens is 304 g/mol. The number of aryl methyl sites for hydroxylation is 1. The van der Waals surface area contributed by atoms with Gasteiger partial charge in [-0.25, -0.2) is 0 Å². The molecule has 1 aromatic rings. The van der Waals surface area contributed by atoms with Crippen molar-refractivity contribution >= 4 is 17.5 Å². The van der Waals surface area contributed by atoms with Crippen LogP contribution in [0.25, 0.3) is 0 Å². The third kappa shape index (κ3) is 4.96. The van der Waals surface area contributed by atoms with Crippen LogP contribution in [0.2, 0.25) is 0 Å².